The molecule has 24 heavy (non-hydrogen) atoms. The Labute approximate surface area is 145 Å². The van der Waals surface area contributed by atoms with Crippen LogP contribution >= 0.6 is 11.3 Å². The number of aromatic amines is 1. The van der Waals surface area contributed by atoms with Crippen LogP contribution < -0.4 is 0 Å². The van der Waals surface area contributed by atoms with E-state index >= 15 is 0 Å². The van der Waals surface area contributed by atoms with Crippen molar-refractivity contribution in [3.05, 3.63) is 78.0 Å². The summed E-state index contributed by atoms with van der Waals surface area (Å²) in [5, 5.41) is 0. The van der Waals surface area contributed by atoms with E-state index in [1.165, 1.54) is 16.0 Å². The third-order valence-electron chi connectivity index (χ3n) is 4.07. The number of imidazole rings is 1. The van der Waals surface area contributed by atoms with Crippen LogP contribution in [0.5, 0.6) is 0 Å². The molecule has 0 saturated carbocycles. The maximum atomic E-state index is 4.83. The van der Waals surface area contributed by atoms with Gasteiger partial charge in [0.05, 0.1) is 10.6 Å². The molecule has 0 radical (unpaired) electrons. The highest BCUT2D eigenvalue weighted by atomic mass is 32.1. The molecular formula is C21H18N2S. The summed E-state index contributed by atoms with van der Waals surface area (Å²) in [7, 11) is 0. The summed E-state index contributed by atoms with van der Waals surface area (Å²) in [4.78, 5) is 10.7. The minimum atomic E-state index is 0.940. The summed E-state index contributed by atoms with van der Waals surface area (Å²) in [5.41, 5.74) is 5.81. The number of rotatable bonds is 3. The second-order valence-corrected chi connectivity index (χ2v) is 7.04. The summed E-state index contributed by atoms with van der Waals surface area (Å²) in [6.45, 7) is 4.20. The van der Waals surface area contributed by atoms with Crippen LogP contribution in [0.2, 0.25) is 0 Å². The van der Waals surface area contributed by atoms with Crippen LogP contribution in [0, 0.1) is 13.8 Å². The fraction of sp³-hybridized carbons (Fsp3) is 0.0952. The van der Waals surface area contributed by atoms with Crippen LogP contribution in [-0.2, 0) is 0 Å². The van der Waals surface area contributed by atoms with Gasteiger partial charge < -0.3 is 4.98 Å². The van der Waals surface area contributed by atoms with Gasteiger partial charge in [-0.1, -0.05) is 60.2 Å². The van der Waals surface area contributed by atoms with Gasteiger partial charge in [-0.05, 0) is 31.5 Å². The van der Waals surface area contributed by atoms with Crippen molar-refractivity contribution in [3.8, 4) is 32.4 Å². The van der Waals surface area contributed by atoms with Gasteiger partial charge in [-0.15, -0.1) is 11.3 Å². The van der Waals surface area contributed by atoms with Crippen LogP contribution in [0.3, 0.4) is 0 Å². The van der Waals surface area contributed by atoms with Crippen molar-refractivity contribution in [2.45, 2.75) is 13.8 Å². The Balaban J connectivity index is 1.71. The Morgan fingerprint density at radius 3 is 2.33 bits per heavy atom. The second-order valence-electron chi connectivity index (χ2n) is 5.96. The molecule has 0 aliphatic heterocycles. The molecule has 0 aliphatic carbocycles. The van der Waals surface area contributed by atoms with Gasteiger partial charge in [-0.2, -0.15) is 0 Å². The maximum absolute atomic E-state index is 4.83. The Hall–Kier alpha value is -2.65. The number of H-pyrrole nitrogens is 1. The standard InChI is InChI=1S/C21H18N2S/c1-14-7-6-10-17(13-14)18-11-12-19(24-18)21-22-15(2)20(23-21)16-8-4-3-5-9-16/h3-13H,1-2H3,(H,22,23). The van der Waals surface area contributed by atoms with E-state index in [9.17, 15) is 0 Å². The summed E-state index contributed by atoms with van der Waals surface area (Å²) in [5.74, 6) is 0.940. The molecule has 0 unspecified atom stereocenters. The topological polar surface area (TPSA) is 28.7 Å². The lowest BCUT2D eigenvalue weighted by molar-refractivity contribution is 1.26. The number of benzene rings is 2. The lowest BCUT2D eigenvalue weighted by Crippen LogP contribution is -1.79. The first-order valence-corrected chi connectivity index (χ1v) is 8.81. The van der Waals surface area contributed by atoms with Crippen molar-refractivity contribution < 1.29 is 0 Å². The van der Waals surface area contributed by atoms with E-state index in [-0.39, 0.29) is 0 Å². The van der Waals surface area contributed by atoms with Crippen molar-refractivity contribution in [2.75, 3.05) is 0 Å². The average Bonchev–Trinajstić information content (AvgIpc) is 3.22. The molecular weight excluding hydrogens is 312 g/mol. The van der Waals surface area contributed by atoms with Gasteiger partial charge in [0.15, 0.2) is 0 Å². The van der Waals surface area contributed by atoms with E-state index in [2.05, 4.69) is 67.4 Å². The van der Waals surface area contributed by atoms with Gasteiger partial charge in [-0.3, -0.25) is 0 Å². The maximum Gasteiger partial charge on any atom is 0.148 e. The molecule has 0 spiro atoms. The van der Waals surface area contributed by atoms with Crippen LogP contribution in [0.1, 0.15) is 11.3 Å². The van der Waals surface area contributed by atoms with Gasteiger partial charge in [0.25, 0.3) is 0 Å². The highest BCUT2D eigenvalue weighted by Crippen LogP contribution is 2.35. The monoisotopic (exact) mass is 330 g/mol. The Morgan fingerprint density at radius 2 is 1.54 bits per heavy atom. The Morgan fingerprint density at radius 1 is 0.792 bits per heavy atom. The molecule has 3 heteroatoms. The first kappa shape index (κ1) is 14.9. The molecule has 2 aromatic heterocycles. The molecule has 1 N–H and O–H groups in total. The molecule has 118 valence electrons. The van der Waals surface area contributed by atoms with Crippen molar-refractivity contribution >= 4 is 11.3 Å². The molecule has 0 aliphatic rings. The van der Waals surface area contributed by atoms with Crippen molar-refractivity contribution in [3.63, 3.8) is 0 Å². The fourth-order valence-electron chi connectivity index (χ4n) is 2.87. The van der Waals surface area contributed by atoms with E-state index in [0.29, 0.717) is 0 Å². The molecule has 0 atom stereocenters. The van der Waals surface area contributed by atoms with Crippen LogP contribution in [0.15, 0.2) is 66.7 Å². The van der Waals surface area contributed by atoms with Crippen LogP contribution in [0.4, 0.5) is 0 Å². The smallest absolute Gasteiger partial charge is 0.148 e. The van der Waals surface area contributed by atoms with Gasteiger partial charge in [0.2, 0.25) is 0 Å². The highest BCUT2D eigenvalue weighted by Gasteiger charge is 2.12. The fourth-order valence-corrected chi connectivity index (χ4v) is 3.82. The average molecular weight is 330 g/mol. The lowest BCUT2D eigenvalue weighted by atomic mass is 10.1. The minimum absolute atomic E-state index is 0.940. The molecule has 4 aromatic rings. The summed E-state index contributed by atoms with van der Waals surface area (Å²) in [6.07, 6.45) is 0. The van der Waals surface area contributed by atoms with Crippen LogP contribution in [0.25, 0.3) is 32.4 Å². The zero-order valence-corrected chi connectivity index (χ0v) is 14.5. The second kappa shape index (κ2) is 6.10. The largest absolute Gasteiger partial charge is 0.341 e. The predicted octanol–water partition coefficient (Wildman–Crippen LogP) is 6.09. The molecule has 2 aromatic carbocycles. The zero-order valence-electron chi connectivity index (χ0n) is 13.7. The first-order valence-electron chi connectivity index (χ1n) is 8.00. The highest BCUT2D eigenvalue weighted by molar-refractivity contribution is 7.18. The van der Waals surface area contributed by atoms with Gasteiger partial charge >= 0.3 is 0 Å². The normalized spacial score (nSPS) is 10.9. The van der Waals surface area contributed by atoms with E-state index in [4.69, 9.17) is 4.98 Å². The molecule has 2 heterocycles. The van der Waals surface area contributed by atoms with E-state index in [1.807, 2.05) is 18.2 Å². The van der Waals surface area contributed by atoms with Crippen molar-refractivity contribution in [1.82, 2.24) is 9.97 Å². The summed E-state index contributed by atoms with van der Waals surface area (Å²) < 4.78 is 0. The van der Waals surface area contributed by atoms with E-state index in [1.54, 1.807) is 11.3 Å². The van der Waals surface area contributed by atoms with Gasteiger partial charge in [0.1, 0.15) is 5.82 Å². The number of nitrogens with one attached hydrogen (secondary N) is 1. The minimum Gasteiger partial charge on any atom is -0.341 e. The molecule has 0 saturated heterocycles. The summed E-state index contributed by atoms with van der Waals surface area (Å²) >= 11 is 1.77. The van der Waals surface area contributed by atoms with Gasteiger partial charge in [0, 0.05) is 16.1 Å². The number of aryl methyl sites for hydroxylation is 2. The predicted molar refractivity (Wildman–Crippen MR) is 102 cm³/mol. The number of aromatic nitrogens is 2. The molecule has 4 rings (SSSR count). The molecule has 0 bridgehead atoms. The zero-order chi connectivity index (χ0) is 16.5. The molecule has 0 amide bonds. The molecule has 0 fully saturated rings. The van der Waals surface area contributed by atoms with Gasteiger partial charge in [-0.25, -0.2) is 4.98 Å². The Bertz CT molecular complexity index is 980. The number of hydrogen-bond acceptors (Lipinski definition) is 2. The summed E-state index contributed by atoms with van der Waals surface area (Å²) in [6, 6.07) is 23.2. The quantitative estimate of drug-likeness (QED) is 0.484. The number of thiophene rings is 1. The molecule has 2 nitrogen and oxygen atoms in total. The number of hydrogen-bond donors (Lipinski definition) is 1. The SMILES string of the molecule is Cc1cccc(-c2ccc(-c3nc(-c4ccccc4)c(C)[nH]3)s2)c1. The third-order valence-corrected chi connectivity index (χ3v) is 5.21. The lowest BCUT2D eigenvalue weighted by Gasteiger charge is -1.98. The van der Waals surface area contributed by atoms with Crippen LogP contribution in [-0.4, -0.2) is 9.97 Å². The first-order chi connectivity index (χ1) is 11.7. The van der Waals surface area contributed by atoms with Crippen molar-refractivity contribution in [2.24, 2.45) is 0 Å². The Kier molecular flexibility index (Phi) is 3.79. The number of nitrogens with zero attached hydrogens (tertiary/aromatic N) is 1. The van der Waals surface area contributed by atoms with Crippen molar-refractivity contribution in [1.29, 1.82) is 0 Å². The van der Waals surface area contributed by atoms with E-state index in [0.717, 1.165) is 27.7 Å². The van der Waals surface area contributed by atoms with E-state index < -0.39 is 0 Å². The third kappa shape index (κ3) is 2.79.